The Kier molecular flexibility index (Phi) is 6.63. The Morgan fingerprint density at radius 3 is 2.50 bits per heavy atom. The fourth-order valence-corrected chi connectivity index (χ4v) is 3.18. The van der Waals surface area contributed by atoms with Gasteiger partial charge in [-0.1, -0.05) is 13.8 Å². The first-order valence-corrected chi connectivity index (χ1v) is 8.71. The van der Waals surface area contributed by atoms with Gasteiger partial charge in [-0.25, -0.2) is 0 Å². The van der Waals surface area contributed by atoms with Crippen molar-refractivity contribution >= 4 is 11.6 Å². The first kappa shape index (κ1) is 18.7. The molecule has 0 bridgehead atoms. The Balaban J connectivity index is 2.02. The molecule has 1 fully saturated rings. The van der Waals surface area contributed by atoms with Gasteiger partial charge >= 0.3 is 0 Å². The molecule has 0 saturated carbocycles. The lowest BCUT2D eigenvalue weighted by atomic mass is 10.0. The number of aryl methyl sites for hydroxylation is 1. The molecule has 1 heterocycles. The molecular formula is C19H30N2O3. The highest BCUT2D eigenvalue weighted by Crippen LogP contribution is 2.25. The number of nitrogens with zero attached hydrogens (tertiary/aromatic N) is 1. The third-order valence-electron chi connectivity index (χ3n) is 4.36. The highest BCUT2D eigenvalue weighted by Gasteiger charge is 2.24. The van der Waals surface area contributed by atoms with E-state index in [4.69, 9.17) is 9.47 Å². The van der Waals surface area contributed by atoms with Gasteiger partial charge < -0.3 is 14.8 Å². The van der Waals surface area contributed by atoms with Gasteiger partial charge in [0.25, 0.3) is 0 Å². The minimum atomic E-state index is -0.150. The van der Waals surface area contributed by atoms with E-state index in [1.165, 1.54) is 0 Å². The molecule has 1 aromatic carbocycles. The van der Waals surface area contributed by atoms with E-state index in [2.05, 4.69) is 19.2 Å². The van der Waals surface area contributed by atoms with Crippen LogP contribution in [-0.2, 0) is 9.53 Å². The largest absolute Gasteiger partial charge is 0.490 e. The number of ether oxygens (including phenoxy) is 2. The molecule has 0 aromatic heterocycles. The zero-order chi connectivity index (χ0) is 17.7. The van der Waals surface area contributed by atoms with Crippen molar-refractivity contribution in [2.24, 2.45) is 5.92 Å². The van der Waals surface area contributed by atoms with Crippen LogP contribution in [0.25, 0.3) is 0 Å². The third kappa shape index (κ3) is 4.95. The highest BCUT2D eigenvalue weighted by molar-refractivity contribution is 5.95. The van der Waals surface area contributed by atoms with Crippen LogP contribution >= 0.6 is 0 Å². The number of rotatable bonds is 6. The monoisotopic (exact) mass is 334 g/mol. The molecule has 1 unspecified atom stereocenters. The van der Waals surface area contributed by atoms with Gasteiger partial charge in [0.05, 0.1) is 19.3 Å². The average Bonchev–Trinajstić information content (AvgIpc) is 2.50. The molecule has 24 heavy (non-hydrogen) atoms. The lowest BCUT2D eigenvalue weighted by Crippen LogP contribution is -2.43. The smallest absolute Gasteiger partial charge is 0.241 e. The maximum atomic E-state index is 12.5. The molecular weight excluding hydrogens is 304 g/mol. The SMILES string of the molecule is Cc1cc(NC(=O)C(C(C)C)N(C)C)ccc1OC1CCOCC1. The van der Waals surface area contributed by atoms with Crippen LogP contribution in [0.15, 0.2) is 18.2 Å². The van der Waals surface area contributed by atoms with Crippen LogP contribution in [0, 0.1) is 12.8 Å². The summed E-state index contributed by atoms with van der Waals surface area (Å²) in [4.78, 5) is 14.5. The molecule has 1 saturated heterocycles. The summed E-state index contributed by atoms with van der Waals surface area (Å²) in [5.74, 6) is 1.15. The zero-order valence-electron chi connectivity index (χ0n) is 15.5. The summed E-state index contributed by atoms with van der Waals surface area (Å²) in [6.07, 6.45) is 2.07. The van der Waals surface area contributed by atoms with Crippen molar-refractivity contribution < 1.29 is 14.3 Å². The van der Waals surface area contributed by atoms with E-state index in [9.17, 15) is 4.79 Å². The normalized spacial score (nSPS) is 17.1. The van der Waals surface area contributed by atoms with E-state index >= 15 is 0 Å². The van der Waals surface area contributed by atoms with Crippen LogP contribution in [0.3, 0.4) is 0 Å². The number of carbonyl (C=O) groups is 1. The second-order valence-electron chi connectivity index (χ2n) is 7.05. The quantitative estimate of drug-likeness (QED) is 0.869. The Bertz CT molecular complexity index is 544. The van der Waals surface area contributed by atoms with E-state index in [0.717, 1.165) is 43.1 Å². The highest BCUT2D eigenvalue weighted by atomic mass is 16.5. The van der Waals surface area contributed by atoms with Crippen molar-refractivity contribution in [1.29, 1.82) is 0 Å². The van der Waals surface area contributed by atoms with Crippen LogP contribution in [0.4, 0.5) is 5.69 Å². The summed E-state index contributed by atoms with van der Waals surface area (Å²) in [5, 5.41) is 3.02. The third-order valence-corrected chi connectivity index (χ3v) is 4.36. The van der Waals surface area contributed by atoms with Gasteiger partial charge in [-0.15, -0.1) is 0 Å². The number of carbonyl (C=O) groups excluding carboxylic acids is 1. The molecule has 0 radical (unpaired) electrons. The summed E-state index contributed by atoms with van der Waals surface area (Å²) in [7, 11) is 3.86. The summed E-state index contributed by atoms with van der Waals surface area (Å²) >= 11 is 0. The Labute approximate surface area is 145 Å². The topological polar surface area (TPSA) is 50.8 Å². The van der Waals surface area contributed by atoms with Gasteiger partial charge in [0.1, 0.15) is 11.9 Å². The molecule has 1 atom stereocenters. The van der Waals surface area contributed by atoms with Crippen molar-refractivity contribution in [3.63, 3.8) is 0 Å². The molecule has 5 heteroatoms. The maximum Gasteiger partial charge on any atom is 0.241 e. The molecule has 2 rings (SSSR count). The summed E-state index contributed by atoms with van der Waals surface area (Å²) in [6.45, 7) is 7.65. The lowest BCUT2D eigenvalue weighted by molar-refractivity contribution is -0.121. The predicted octanol–water partition coefficient (Wildman–Crippen LogP) is 3.08. The van der Waals surface area contributed by atoms with Crippen LogP contribution < -0.4 is 10.1 Å². The van der Waals surface area contributed by atoms with Crippen molar-refractivity contribution in [2.75, 3.05) is 32.6 Å². The van der Waals surface area contributed by atoms with E-state index in [1.807, 2.05) is 44.1 Å². The number of benzene rings is 1. The number of likely N-dealkylation sites (N-methyl/N-ethyl adjacent to an activating group) is 1. The number of anilines is 1. The molecule has 1 N–H and O–H groups in total. The number of hydrogen-bond acceptors (Lipinski definition) is 4. The second-order valence-corrected chi connectivity index (χ2v) is 7.05. The van der Waals surface area contributed by atoms with Crippen LogP contribution in [0.1, 0.15) is 32.3 Å². The number of nitrogens with one attached hydrogen (secondary N) is 1. The van der Waals surface area contributed by atoms with Gasteiger partial charge in [0, 0.05) is 18.5 Å². The van der Waals surface area contributed by atoms with E-state index in [0.29, 0.717) is 0 Å². The van der Waals surface area contributed by atoms with Gasteiger partial charge in [-0.05, 0) is 50.7 Å². The lowest BCUT2D eigenvalue weighted by Gasteiger charge is -2.27. The van der Waals surface area contributed by atoms with Crippen LogP contribution in [0.5, 0.6) is 5.75 Å². The molecule has 1 aliphatic heterocycles. The molecule has 5 nitrogen and oxygen atoms in total. The van der Waals surface area contributed by atoms with Crippen LogP contribution in [0.2, 0.25) is 0 Å². The Morgan fingerprint density at radius 2 is 1.96 bits per heavy atom. The van der Waals surface area contributed by atoms with Gasteiger partial charge in [-0.2, -0.15) is 0 Å². The summed E-state index contributed by atoms with van der Waals surface area (Å²) in [5.41, 5.74) is 1.84. The molecule has 1 aromatic rings. The summed E-state index contributed by atoms with van der Waals surface area (Å²) in [6, 6.07) is 5.68. The van der Waals surface area contributed by atoms with Gasteiger partial charge in [0.15, 0.2) is 0 Å². The van der Waals surface area contributed by atoms with Gasteiger partial charge in [-0.3, -0.25) is 9.69 Å². The van der Waals surface area contributed by atoms with Crippen molar-refractivity contribution in [3.05, 3.63) is 23.8 Å². The zero-order valence-corrected chi connectivity index (χ0v) is 15.5. The number of hydrogen-bond donors (Lipinski definition) is 1. The average molecular weight is 334 g/mol. The molecule has 1 amide bonds. The van der Waals surface area contributed by atoms with Crippen molar-refractivity contribution in [1.82, 2.24) is 4.90 Å². The Hall–Kier alpha value is -1.59. The molecule has 134 valence electrons. The first-order chi connectivity index (χ1) is 11.4. The van der Waals surface area contributed by atoms with E-state index in [1.54, 1.807) is 0 Å². The van der Waals surface area contributed by atoms with Crippen molar-refractivity contribution in [2.45, 2.75) is 45.8 Å². The molecule has 0 aliphatic carbocycles. The predicted molar refractivity (Wildman–Crippen MR) is 96.6 cm³/mol. The fourth-order valence-electron chi connectivity index (χ4n) is 3.18. The fraction of sp³-hybridized carbons (Fsp3) is 0.632. The van der Waals surface area contributed by atoms with E-state index < -0.39 is 0 Å². The summed E-state index contributed by atoms with van der Waals surface area (Å²) < 4.78 is 11.4. The first-order valence-electron chi connectivity index (χ1n) is 8.71. The maximum absolute atomic E-state index is 12.5. The minimum Gasteiger partial charge on any atom is -0.490 e. The molecule has 1 aliphatic rings. The Morgan fingerprint density at radius 1 is 1.29 bits per heavy atom. The van der Waals surface area contributed by atoms with Crippen molar-refractivity contribution in [3.8, 4) is 5.75 Å². The minimum absolute atomic E-state index is 0.0208. The number of amides is 1. The standard InChI is InChI=1S/C19H30N2O3/c1-13(2)18(21(4)5)19(22)20-15-6-7-17(14(3)12-15)24-16-8-10-23-11-9-16/h6-7,12-13,16,18H,8-11H2,1-5H3,(H,20,22). The molecule has 0 spiro atoms. The van der Waals surface area contributed by atoms with Crippen LogP contribution in [-0.4, -0.2) is 50.3 Å². The van der Waals surface area contributed by atoms with Gasteiger partial charge in [0.2, 0.25) is 5.91 Å². The second kappa shape index (κ2) is 8.49. The van der Waals surface area contributed by atoms with E-state index in [-0.39, 0.29) is 24.0 Å².